The van der Waals surface area contributed by atoms with Crippen molar-refractivity contribution in [2.24, 2.45) is 0 Å². The Labute approximate surface area is 187 Å². The van der Waals surface area contributed by atoms with Crippen LogP contribution in [0.1, 0.15) is 28.3 Å². The van der Waals surface area contributed by atoms with Gasteiger partial charge in [0, 0.05) is 27.7 Å². The van der Waals surface area contributed by atoms with Gasteiger partial charge >= 0.3 is 6.18 Å². The quantitative estimate of drug-likeness (QED) is 0.569. The zero-order chi connectivity index (χ0) is 23.6. The second-order valence-electron chi connectivity index (χ2n) is 7.28. The molecule has 0 saturated heterocycles. The number of aryl methyl sites for hydroxylation is 3. The largest absolute Gasteiger partial charge is 0.482 e. The van der Waals surface area contributed by atoms with Gasteiger partial charge in [0.15, 0.2) is 6.61 Å². The first-order valence-corrected chi connectivity index (χ1v) is 9.97. The van der Waals surface area contributed by atoms with Crippen LogP contribution in [0, 0.1) is 27.7 Å². The van der Waals surface area contributed by atoms with Gasteiger partial charge in [0.2, 0.25) is 5.91 Å². The van der Waals surface area contributed by atoms with Crippen molar-refractivity contribution in [1.29, 1.82) is 0 Å². The molecule has 0 aliphatic heterocycles. The van der Waals surface area contributed by atoms with Gasteiger partial charge in [0.25, 0.3) is 5.95 Å². The van der Waals surface area contributed by atoms with Crippen molar-refractivity contribution >= 4 is 23.2 Å². The standard InChI is InChI=1S/C21H21ClF3N5O2/c1-11-7-12(2)27-20(26-11)30-14(4)16(13(3)29-30)9-19(31)28-17-8-15(22)5-6-18(17)32-10-21(23,24)25/h5-8H,9-10H2,1-4H3,(H,28,31). The van der Waals surface area contributed by atoms with Gasteiger partial charge in [-0.2, -0.15) is 18.3 Å². The van der Waals surface area contributed by atoms with E-state index >= 15 is 0 Å². The molecule has 0 unspecified atom stereocenters. The maximum Gasteiger partial charge on any atom is 0.422 e. The van der Waals surface area contributed by atoms with Gasteiger partial charge < -0.3 is 10.1 Å². The molecule has 3 aromatic rings. The summed E-state index contributed by atoms with van der Waals surface area (Å²) in [7, 11) is 0. The van der Waals surface area contributed by atoms with Gasteiger partial charge in [-0.1, -0.05) is 11.6 Å². The van der Waals surface area contributed by atoms with E-state index in [0.29, 0.717) is 22.9 Å². The normalized spacial score (nSPS) is 11.5. The molecule has 0 spiro atoms. The maximum absolute atomic E-state index is 12.7. The monoisotopic (exact) mass is 467 g/mol. The summed E-state index contributed by atoms with van der Waals surface area (Å²) in [4.78, 5) is 21.5. The van der Waals surface area contributed by atoms with Crippen LogP contribution in [0.5, 0.6) is 5.75 Å². The molecule has 11 heteroatoms. The highest BCUT2D eigenvalue weighted by Crippen LogP contribution is 2.30. The number of carbonyl (C=O) groups excluding carboxylic acids is 1. The van der Waals surface area contributed by atoms with Crippen LogP contribution in [0.25, 0.3) is 5.95 Å². The molecule has 0 atom stereocenters. The summed E-state index contributed by atoms with van der Waals surface area (Å²) in [6.45, 7) is 5.76. The van der Waals surface area contributed by atoms with Gasteiger partial charge in [0.1, 0.15) is 5.75 Å². The van der Waals surface area contributed by atoms with E-state index in [-0.39, 0.29) is 22.9 Å². The Morgan fingerprint density at radius 3 is 2.41 bits per heavy atom. The average Bonchev–Trinajstić information content (AvgIpc) is 2.94. The zero-order valence-corrected chi connectivity index (χ0v) is 18.6. The molecule has 7 nitrogen and oxygen atoms in total. The molecule has 0 aliphatic rings. The molecule has 1 amide bonds. The third kappa shape index (κ3) is 5.76. The van der Waals surface area contributed by atoms with E-state index in [4.69, 9.17) is 16.3 Å². The maximum atomic E-state index is 12.7. The molecule has 2 aromatic heterocycles. The second-order valence-corrected chi connectivity index (χ2v) is 7.72. The van der Waals surface area contributed by atoms with Crippen LogP contribution < -0.4 is 10.1 Å². The molecule has 1 aromatic carbocycles. The van der Waals surface area contributed by atoms with Crippen LogP contribution >= 0.6 is 11.6 Å². The Morgan fingerprint density at radius 2 is 1.78 bits per heavy atom. The van der Waals surface area contributed by atoms with Gasteiger partial charge in [-0.05, 0) is 52.0 Å². The molecular formula is C21H21ClF3N5O2. The van der Waals surface area contributed by atoms with E-state index in [0.717, 1.165) is 11.4 Å². The first kappa shape index (κ1) is 23.5. The van der Waals surface area contributed by atoms with Crippen molar-refractivity contribution in [2.75, 3.05) is 11.9 Å². The Bertz CT molecular complexity index is 1140. The minimum absolute atomic E-state index is 0.0482. The number of alkyl halides is 3. The molecule has 0 saturated carbocycles. The lowest BCUT2D eigenvalue weighted by Gasteiger charge is -2.14. The molecule has 170 valence electrons. The molecule has 0 bridgehead atoms. The van der Waals surface area contributed by atoms with Crippen molar-refractivity contribution in [2.45, 2.75) is 40.3 Å². The van der Waals surface area contributed by atoms with Crippen molar-refractivity contribution in [3.8, 4) is 11.7 Å². The number of hydrogen-bond acceptors (Lipinski definition) is 5. The Balaban J connectivity index is 1.82. The lowest BCUT2D eigenvalue weighted by Crippen LogP contribution is -2.21. The van der Waals surface area contributed by atoms with E-state index < -0.39 is 18.7 Å². The number of rotatable bonds is 6. The summed E-state index contributed by atoms with van der Waals surface area (Å²) >= 11 is 5.94. The number of benzene rings is 1. The van der Waals surface area contributed by atoms with Gasteiger partial charge in [-0.25, -0.2) is 14.6 Å². The molecule has 32 heavy (non-hydrogen) atoms. The van der Waals surface area contributed by atoms with Crippen LogP contribution in [0.4, 0.5) is 18.9 Å². The minimum atomic E-state index is -4.51. The van der Waals surface area contributed by atoms with Crippen molar-refractivity contribution < 1.29 is 22.7 Å². The highest BCUT2D eigenvalue weighted by Gasteiger charge is 2.29. The lowest BCUT2D eigenvalue weighted by molar-refractivity contribution is -0.153. The number of nitrogens with zero attached hydrogens (tertiary/aromatic N) is 4. The number of aromatic nitrogens is 4. The summed E-state index contributed by atoms with van der Waals surface area (Å²) in [5, 5.41) is 7.27. The number of hydrogen-bond donors (Lipinski definition) is 1. The van der Waals surface area contributed by atoms with Gasteiger partial charge in [0.05, 0.1) is 17.8 Å². The lowest BCUT2D eigenvalue weighted by atomic mass is 10.1. The molecule has 2 heterocycles. The smallest absolute Gasteiger partial charge is 0.422 e. The number of nitrogens with one attached hydrogen (secondary N) is 1. The molecule has 1 N–H and O–H groups in total. The van der Waals surface area contributed by atoms with E-state index in [1.165, 1.54) is 18.2 Å². The summed E-state index contributed by atoms with van der Waals surface area (Å²) < 4.78 is 43.9. The molecule has 0 fully saturated rings. The number of ether oxygens (including phenoxy) is 1. The number of halogens is 4. The first-order chi connectivity index (χ1) is 14.9. The highest BCUT2D eigenvalue weighted by atomic mass is 35.5. The van der Waals surface area contributed by atoms with Crippen molar-refractivity contribution in [3.63, 3.8) is 0 Å². The van der Waals surface area contributed by atoms with Crippen LogP contribution in [0.2, 0.25) is 5.02 Å². The Hall–Kier alpha value is -3.14. The number of amides is 1. The first-order valence-electron chi connectivity index (χ1n) is 9.59. The van der Waals surface area contributed by atoms with Crippen LogP contribution in [0.3, 0.4) is 0 Å². The zero-order valence-electron chi connectivity index (χ0n) is 17.8. The Morgan fingerprint density at radius 1 is 1.12 bits per heavy atom. The molecule has 0 radical (unpaired) electrons. The predicted octanol–water partition coefficient (Wildman–Crippen LogP) is 4.67. The van der Waals surface area contributed by atoms with Gasteiger partial charge in [-0.3, -0.25) is 4.79 Å². The van der Waals surface area contributed by atoms with E-state index in [2.05, 4.69) is 20.4 Å². The predicted molar refractivity (Wildman–Crippen MR) is 113 cm³/mol. The molecular weight excluding hydrogens is 447 g/mol. The van der Waals surface area contributed by atoms with Crippen molar-refractivity contribution in [3.05, 3.63) is 57.6 Å². The molecule has 3 rings (SSSR count). The fourth-order valence-corrected chi connectivity index (χ4v) is 3.34. The SMILES string of the molecule is Cc1cc(C)nc(-n2nc(C)c(CC(=O)Nc3cc(Cl)ccc3OCC(F)(F)F)c2C)n1. The third-order valence-electron chi connectivity index (χ3n) is 4.55. The Kier molecular flexibility index (Phi) is 6.73. The third-order valence-corrected chi connectivity index (χ3v) is 4.78. The summed E-state index contributed by atoms with van der Waals surface area (Å²) in [5.74, 6) is -0.198. The van der Waals surface area contributed by atoms with E-state index in [1.807, 2.05) is 19.9 Å². The highest BCUT2D eigenvalue weighted by molar-refractivity contribution is 6.31. The fraction of sp³-hybridized carbons (Fsp3) is 0.333. The summed E-state index contributed by atoms with van der Waals surface area (Å²) in [5.41, 5.74) is 3.57. The number of carbonyl (C=O) groups is 1. The van der Waals surface area contributed by atoms with E-state index in [1.54, 1.807) is 18.5 Å². The summed E-state index contributed by atoms with van der Waals surface area (Å²) in [6.07, 6.45) is -4.58. The van der Waals surface area contributed by atoms with Gasteiger partial charge in [-0.15, -0.1) is 0 Å². The molecule has 0 aliphatic carbocycles. The van der Waals surface area contributed by atoms with Crippen LogP contribution in [-0.2, 0) is 11.2 Å². The average molecular weight is 468 g/mol. The summed E-state index contributed by atoms with van der Waals surface area (Å²) in [6, 6.07) is 5.82. The number of anilines is 1. The topological polar surface area (TPSA) is 81.9 Å². The second kappa shape index (κ2) is 9.15. The van der Waals surface area contributed by atoms with Crippen molar-refractivity contribution in [1.82, 2.24) is 19.7 Å². The van der Waals surface area contributed by atoms with Crippen LogP contribution in [-0.4, -0.2) is 38.4 Å². The van der Waals surface area contributed by atoms with E-state index in [9.17, 15) is 18.0 Å². The minimum Gasteiger partial charge on any atom is -0.482 e. The van der Waals surface area contributed by atoms with Crippen LogP contribution in [0.15, 0.2) is 24.3 Å². The fourth-order valence-electron chi connectivity index (χ4n) is 3.17.